The largest absolute Gasteiger partial charge is 0.497 e. The first-order valence-corrected chi connectivity index (χ1v) is 12.7. The molecule has 0 aliphatic carbocycles. The van der Waals surface area contributed by atoms with Crippen LogP contribution in [0.3, 0.4) is 0 Å². The maximum atomic E-state index is 13.3. The monoisotopic (exact) mass is 493 g/mol. The molecule has 4 rings (SSSR count). The van der Waals surface area contributed by atoms with Gasteiger partial charge in [-0.25, -0.2) is 8.42 Å². The van der Waals surface area contributed by atoms with Crippen molar-refractivity contribution in [3.8, 4) is 5.75 Å². The summed E-state index contributed by atoms with van der Waals surface area (Å²) in [6, 6.07) is 19.6. The molecular formula is C26H27N3O5S. The van der Waals surface area contributed by atoms with Gasteiger partial charge < -0.3 is 15.0 Å². The highest BCUT2D eigenvalue weighted by molar-refractivity contribution is 7.89. The van der Waals surface area contributed by atoms with E-state index in [1.165, 1.54) is 13.0 Å². The van der Waals surface area contributed by atoms with Crippen LogP contribution < -0.4 is 19.7 Å². The van der Waals surface area contributed by atoms with Crippen molar-refractivity contribution in [1.29, 1.82) is 0 Å². The first-order valence-electron chi connectivity index (χ1n) is 11.2. The second-order valence-corrected chi connectivity index (χ2v) is 10.0. The van der Waals surface area contributed by atoms with Gasteiger partial charge in [0.15, 0.2) is 0 Å². The van der Waals surface area contributed by atoms with Crippen LogP contribution in [0.4, 0.5) is 11.4 Å². The standard InChI is InChI=1S/C26H27N3O5S/c1-18(30)29-15-14-20-17-23(12-13-25(20)29)35(32,33)28-24(16-19-6-4-3-5-7-19)26(31)27-21-8-10-22(34-2)11-9-21/h3-13,17,24,28H,14-16H2,1-2H3,(H,27,31). The molecule has 2 N–H and O–H groups in total. The summed E-state index contributed by atoms with van der Waals surface area (Å²) in [5.41, 5.74) is 2.84. The second kappa shape index (κ2) is 10.3. The van der Waals surface area contributed by atoms with Gasteiger partial charge in [0.25, 0.3) is 0 Å². The van der Waals surface area contributed by atoms with Gasteiger partial charge in [0, 0.05) is 24.8 Å². The molecule has 0 bridgehead atoms. The molecule has 1 aliphatic rings. The zero-order valence-electron chi connectivity index (χ0n) is 19.5. The highest BCUT2D eigenvalue weighted by Crippen LogP contribution is 2.30. The molecule has 0 spiro atoms. The highest BCUT2D eigenvalue weighted by atomic mass is 32.2. The maximum absolute atomic E-state index is 13.3. The molecule has 0 aromatic heterocycles. The number of ether oxygens (including phenoxy) is 1. The van der Waals surface area contributed by atoms with Gasteiger partial charge in [-0.3, -0.25) is 9.59 Å². The molecule has 0 saturated heterocycles. The molecule has 0 saturated carbocycles. The van der Waals surface area contributed by atoms with Gasteiger partial charge in [-0.15, -0.1) is 0 Å². The number of anilines is 2. The van der Waals surface area contributed by atoms with E-state index in [0.717, 1.165) is 16.8 Å². The Kier molecular flexibility index (Phi) is 7.18. The zero-order chi connectivity index (χ0) is 25.0. The number of carbonyl (C=O) groups excluding carboxylic acids is 2. The molecule has 3 aromatic rings. The Morgan fingerprint density at radius 3 is 2.40 bits per heavy atom. The predicted octanol–water partition coefficient (Wildman–Crippen LogP) is 3.13. The molecule has 2 amide bonds. The van der Waals surface area contributed by atoms with E-state index in [1.54, 1.807) is 48.4 Å². The minimum absolute atomic E-state index is 0.0527. The molecular weight excluding hydrogens is 466 g/mol. The summed E-state index contributed by atoms with van der Waals surface area (Å²) >= 11 is 0. The second-order valence-electron chi connectivity index (χ2n) is 8.29. The summed E-state index contributed by atoms with van der Waals surface area (Å²) < 4.78 is 34.3. The van der Waals surface area contributed by atoms with Crippen LogP contribution in [-0.4, -0.2) is 39.9 Å². The van der Waals surface area contributed by atoms with Crippen molar-refractivity contribution in [2.45, 2.75) is 30.7 Å². The number of nitrogens with zero attached hydrogens (tertiary/aromatic N) is 1. The average Bonchev–Trinajstić information content (AvgIpc) is 3.28. The molecule has 35 heavy (non-hydrogen) atoms. The van der Waals surface area contributed by atoms with E-state index in [1.807, 2.05) is 30.3 Å². The molecule has 0 fully saturated rings. The Morgan fingerprint density at radius 2 is 1.74 bits per heavy atom. The summed E-state index contributed by atoms with van der Waals surface area (Å²) in [4.78, 5) is 26.7. The number of fused-ring (bicyclic) bond motifs is 1. The van der Waals surface area contributed by atoms with Crippen molar-refractivity contribution in [2.24, 2.45) is 0 Å². The molecule has 1 unspecified atom stereocenters. The van der Waals surface area contributed by atoms with Crippen molar-refractivity contribution in [2.75, 3.05) is 23.9 Å². The van der Waals surface area contributed by atoms with Crippen LogP contribution >= 0.6 is 0 Å². The average molecular weight is 494 g/mol. The van der Waals surface area contributed by atoms with Crippen molar-refractivity contribution in [1.82, 2.24) is 4.72 Å². The minimum Gasteiger partial charge on any atom is -0.497 e. The molecule has 3 aromatic carbocycles. The van der Waals surface area contributed by atoms with Gasteiger partial charge in [0.05, 0.1) is 12.0 Å². The van der Waals surface area contributed by atoms with Crippen LogP contribution in [0.2, 0.25) is 0 Å². The van der Waals surface area contributed by atoms with Gasteiger partial charge >= 0.3 is 0 Å². The quantitative estimate of drug-likeness (QED) is 0.502. The lowest BCUT2D eigenvalue weighted by atomic mass is 10.1. The zero-order valence-corrected chi connectivity index (χ0v) is 20.3. The fraction of sp³-hybridized carbons (Fsp3) is 0.231. The smallest absolute Gasteiger partial charge is 0.242 e. The summed E-state index contributed by atoms with van der Waals surface area (Å²) in [7, 11) is -2.47. The van der Waals surface area contributed by atoms with E-state index in [4.69, 9.17) is 4.74 Å². The van der Waals surface area contributed by atoms with Crippen molar-refractivity contribution in [3.63, 3.8) is 0 Å². The van der Waals surface area contributed by atoms with E-state index >= 15 is 0 Å². The number of hydrogen-bond donors (Lipinski definition) is 2. The first-order chi connectivity index (χ1) is 16.8. The van der Waals surface area contributed by atoms with Crippen molar-refractivity contribution in [3.05, 3.63) is 83.9 Å². The SMILES string of the molecule is COc1ccc(NC(=O)C(Cc2ccccc2)NS(=O)(=O)c2ccc3c(c2)CCN3C(C)=O)cc1. The van der Waals surface area contributed by atoms with E-state index in [2.05, 4.69) is 10.0 Å². The van der Waals surface area contributed by atoms with E-state index in [9.17, 15) is 18.0 Å². The normalized spacial score (nSPS) is 13.7. The number of benzene rings is 3. The third-order valence-electron chi connectivity index (χ3n) is 5.89. The fourth-order valence-corrected chi connectivity index (χ4v) is 5.31. The number of carbonyl (C=O) groups is 2. The first kappa shape index (κ1) is 24.4. The fourth-order valence-electron chi connectivity index (χ4n) is 4.07. The lowest BCUT2D eigenvalue weighted by molar-refractivity contribution is -0.118. The molecule has 182 valence electrons. The Balaban J connectivity index is 1.58. The third kappa shape index (κ3) is 5.70. The number of rotatable bonds is 8. The van der Waals surface area contributed by atoms with E-state index in [0.29, 0.717) is 24.4 Å². The topological polar surface area (TPSA) is 105 Å². The minimum atomic E-state index is -4.02. The summed E-state index contributed by atoms with van der Waals surface area (Å²) in [5, 5.41) is 2.78. The van der Waals surface area contributed by atoms with Crippen molar-refractivity contribution < 1.29 is 22.7 Å². The van der Waals surface area contributed by atoms with E-state index in [-0.39, 0.29) is 17.2 Å². The molecule has 1 heterocycles. The predicted molar refractivity (Wildman–Crippen MR) is 134 cm³/mol. The lowest BCUT2D eigenvalue weighted by Gasteiger charge is -2.20. The Morgan fingerprint density at radius 1 is 1.03 bits per heavy atom. The Labute approximate surface area is 205 Å². The number of hydrogen-bond acceptors (Lipinski definition) is 5. The van der Waals surface area contributed by atoms with E-state index < -0.39 is 22.0 Å². The number of sulfonamides is 1. The number of nitrogens with one attached hydrogen (secondary N) is 2. The van der Waals surface area contributed by atoms with Crippen LogP contribution in [0.25, 0.3) is 0 Å². The summed E-state index contributed by atoms with van der Waals surface area (Å²) in [5.74, 6) is 0.0756. The molecule has 9 heteroatoms. The van der Waals surface area contributed by atoms with Crippen molar-refractivity contribution >= 4 is 33.2 Å². The van der Waals surface area contributed by atoms with Crippen LogP contribution in [0.15, 0.2) is 77.7 Å². The Bertz CT molecular complexity index is 1320. The maximum Gasteiger partial charge on any atom is 0.242 e. The highest BCUT2D eigenvalue weighted by Gasteiger charge is 2.29. The molecule has 8 nitrogen and oxygen atoms in total. The molecule has 0 radical (unpaired) electrons. The van der Waals surface area contributed by atoms with Crippen LogP contribution in [-0.2, 0) is 32.5 Å². The van der Waals surface area contributed by atoms with Gasteiger partial charge in [0.1, 0.15) is 11.8 Å². The Hall–Kier alpha value is -3.69. The van der Waals surface area contributed by atoms with Crippen LogP contribution in [0.1, 0.15) is 18.1 Å². The summed E-state index contributed by atoms with van der Waals surface area (Å²) in [6.07, 6.45) is 0.745. The van der Waals surface area contributed by atoms with Gasteiger partial charge in [-0.05, 0) is 66.4 Å². The molecule has 1 aliphatic heterocycles. The van der Waals surface area contributed by atoms with Gasteiger partial charge in [0.2, 0.25) is 21.8 Å². The lowest BCUT2D eigenvalue weighted by Crippen LogP contribution is -2.45. The van der Waals surface area contributed by atoms with Gasteiger partial charge in [-0.1, -0.05) is 30.3 Å². The summed E-state index contributed by atoms with van der Waals surface area (Å²) in [6.45, 7) is 2.00. The number of amides is 2. The van der Waals surface area contributed by atoms with Gasteiger partial charge in [-0.2, -0.15) is 4.72 Å². The van der Waals surface area contributed by atoms with Crippen LogP contribution in [0.5, 0.6) is 5.75 Å². The number of methoxy groups -OCH3 is 1. The third-order valence-corrected chi connectivity index (χ3v) is 7.36. The van der Waals surface area contributed by atoms with Crippen LogP contribution in [0, 0.1) is 0 Å². The molecule has 1 atom stereocenters.